The fourth-order valence-electron chi connectivity index (χ4n) is 3.27. The molecule has 0 radical (unpaired) electrons. The number of rotatable bonds is 2. The second-order valence-corrected chi connectivity index (χ2v) is 5.60. The van der Waals surface area contributed by atoms with Gasteiger partial charge in [0.25, 0.3) is 0 Å². The molecule has 2 unspecified atom stereocenters. The molecule has 104 valence electrons. The first-order valence-electron chi connectivity index (χ1n) is 7.00. The highest BCUT2D eigenvalue weighted by atomic mass is 16.6. The van der Waals surface area contributed by atoms with E-state index < -0.39 is 0 Å². The minimum atomic E-state index is 0.448. The van der Waals surface area contributed by atoms with E-state index in [-0.39, 0.29) is 0 Å². The number of benzene rings is 1. The topological polar surface area (TPSA) is 47.7 Å². The van der Waals surface area contributed by atoms with Gasteiger partial charge in [-0.3, -0.25) is 4.90 Å². The Balaban J connectivity index is 1.93. The summed E-state index contributed by atoms with van der Waals surface area (Å²) in [4.78, 5) is 2.40. The standard InChI is InChI=1S/C15H22N2O2/c1-10-12(13-7-11(8-16)9-17(13)2)3-4-14-15(10)19-6-5-18-14/h3-4,11,13H,5-9,16H2,1-2H3. The van der Waals surface area contributed by atoms with Crippen molar-refractivity contribution >= 4 is 0 Å². The van der Waals surface area contributed by atoms with Gasteiger partial charge >= 0.3 is 0 Å². The summed E-state index contributed by atoms with van der Waals surface area (Å²) in [5, 5.41) is 0. The molecule has 0 saturated carbocycles. The zero-order chi connectivity index (χ0) is 13.4. The molecule has 2 atom stereocenters. The number of hydrogen-bond donors (Lipinski definition) is 1. The normalized spacial score (nSPS) is 26.7. The largest absolute Gasteiger partial charge is 0.486 e. The monoisotopic (exact) mass is 262 g/mol. The Kier molecular flexibility index (Phi) is 3.37. The molecule has 4 heteroatoms. The first-order chi connectivity index (χ1) is 9.20. The number of fused-ring (bicyclic) bond motifs is 1. The highest BCUT2D eigenvalue weighted by molar-refractivity contribution is 5.51. The predicted octanol–water partition coefficient (Wildman–Crippen LogP) is 1.72. The van der Waals surface area contributed by atoms with Gasteiger partial charge in [-0.2, -0.15) is 0 Å². The van der Waals surface area contributed by atoms with Crippen LogP contribution in [0.5, 0.6) is 11.5 Å². The highest BCUT2D eigenvalue weighted by Crippen LogP contribution is 2.42. The first-order valence-corrected chi connectivity index (χ1v) is 7.00. The fraction of sp³-hybridized carbons (Fsp3) is 0.600. The van der Waals surface area contributed by atoms with Crippen LogP contribution in [0.3, 0.4) is 0 Å². The Morgan fingerprint density at radius 3 is 2.84 bits per heavy atom. The Labute approximate surface area is 114 Å². The van der Waals surface area contributed by atoms with Crippen molar-refractivity contribution in [2.45, 2.75) is 19.4 Å². The van der Waals surface area contributed by atoms with Crippen molar-refractivity contribution in [1.29, 1.82) is 0 Å². The number of likely N-dealkylation sites (tertiary alicyclic amines) is 1. The quantitative estimate of drug-likeness (QED) is 0.881. The van der Waals surface area contributed by atoms with E-state index in [2.05, 4.69) is 24.9 Å². The zero-order valence-corrected chi connectivity index (χ0v) is 11.7. The Bertz CT molecular complexity index is 475. The average molecular weight is 262 g/mol. The third-order valence-electron chi connectivity index (χ3n) is 4.33. The van der Waals surface area contributed by atoms with Crippen LogP contribution in [0.1, 0.15) is 23.6 Å². The number of nitrogens with two attached hydrogens (primary N) is 1. The van der Waals surface area contributed by atoms with Crippen molar-refractivity contribution in [3.8, 4) is 11.5 Å². The molecule has 0 amide bonds. The van der Waals surface area contributed by atoms with Gasteiger partial charge in [0.1, 0.15) is 13.2 Å². The summed E-state index contributed by atoms with van der Waals surface area (Å²) >= 11 is 0. The molecule has 3 rings (SSSR count). The lowest BCUT2D eigenvalue weighted by atomic mass is 9.95. The Morgan fingerprint density at radius 2 is 2.11 bits per heavy atom. The molecular formula is C15H22N2O2. The second-order valence-electron chi connectivity index (χ2n) is 5.60. The molecule has 1 fully saturated rings. The maximum atomic E-state index is 5.81. The van der Waals surface area contributed by atoms with E-state index in [4.69, 9.17) is 15.2 Å². The van der Waals surface area contributed by atoms with Gasteiger partial charge in [-0.25, -0.2) is 0 Å². The second kappa shape index (κ2) is 5.02. The van der Waals surface area contributed by atoms with Crippen molar-refractivity contribution < 1.29 is 9.47 Å². The van der Waals surface area contributed by atoms with Crippen molar-refractivity contribution in [3.63, 3.8) is 0 Å². The van der Waals surface area contributed by atoms with Crippen molar-refractivity contribution in [3.05, 3.63) is 23.3 Å². The highest BCUT2D eigenvalue weighted by Gasteiger charge is 2.32. The first kappa shape index (κ1) is 12.8. The Morgan fingerprint density at radius 1 is 1.32 bits per heavy atom. The molecule has 4 nitrogen and oxygen atoms in total. The molecule has 2 heterocycles. The summed E-state index contributed by atoms with van der Waals surface area (Å²) in [6.45, 7) is 5.26. The van der Waals surface area contributed by atoms with Gasteiger partial charge in [0.2, 0.25) is 0 Å². The van der Waals surface area contributed by atoms with Crippen LogP contribution in [0.15, 0.2) is 12.1 Å². The molecular weight excluding hydrogens is 240 g/mol. The molecule has 19 heavy (non-hydrogen) atoms. The van der Waals surface area contributed by atoms with Crippen LogP contribution in [0.2, 0.25) is 0 Å². The summed E-state index contributed by atoms with van der Waals surface area (Å²) in [6.07, 6.45) is 1.13. The molecule has 2 aliphatic heterocycles. The third-order valence-corrected chi connectivity index (χ3v) is 4.33. The molecule has 1 aromatic rings. The van der Waals surface area contributed by atoms with E-state index in [1.54, 1.807) is 0 Å². The fourth-order valence-corrected chi connectivity index (χ4v) is 3.27. The van der Waals surface area contributed by atoms with Gasteiger partial charge in [0.05, 0.1) is 0 Å². The van der Waals surface area contributed by atoms with Gasteiger partial charge in [-0.05, 0) is 50.0 Å². The van der Waals surface area contributed by atoms with Crippen LogP contribution in [-0.4, -0.2) is 38.3 Å². The number of nitrogens with zero attached hydrogens (tertiary/aromatic N) is 1. The van der Waals surface area contributed by atoms with Crippen LogP contribution >= 0.6 is 0 Å². The molecule has 0 bridgehead atoms. The van der Waals surface area contributed by atoms with Crippen LogP contribution in [0.25, 0.3) is 0 Å². The summed E-state index contributed by atoms with van der Waals surface area (Å²) < 4.78 is 11.4. The van der Waals surface area contributed by atoms with Gasteiger partial charge in [0.15, 0.2) is 11.5 Å². The minimum absolute atomic E-state index is 0.448. The molecule has 1 aromatic carbocycles. The van der Waals surface area contributed by atoms with E-state index >= 15 is 0 Å². The van der Waals surface area contributed by atoms with Gasteiger partial charge in [-0.15, -0.1) is 0 Å². The molecule has 1 saturated heterocycles. The van der Waals surface area contributed by atoms with E-state index in [9.17, 15) is 0 Å². The van der Waals surface area contributed by atoms with Gasteiger partial charge in [0, 0.05) is 12.6 Å². The van der Waals surface area contributed by atoms with Crippen LogP contribution in [-0.2, 0) is 0 Å². The van der Waals surface area contributed by atoms with E-state index in [1.165, 1.54) is 11.1 Å². The van der Waals surface area contributed by atoms with E-state index in [1.807, 2.05) is 6.07 Å². The van der Waals surface area contributed by atoms with Crippen LogP contribution < -0.4 is 15.2 Å². The third kappa shape index (κ3) is 2.19. The molecule has 0 spiro atoms. The number of ether oxygens (including phenoxy) is 2. The lowest BCUT2D eigenvalue weighted by molar-refractivity contribution is 0.169. The van der Waals surface area contributed by atoms with Crippen molar-refractivity contribution in [2.75, 3.05) is 33.4 Å². The summed E-state index contributed by atoms with van der Waals surface area (Å²) in [5.41, 5.74) is 8.38. The molecule has 0 aliphatic carbocycles. The maximum absolute atomic E-state index is 5.81. The SMILES string of the molecule is Cc1c(C2CC(CN)CN2C)ccc2c1OCCO2. The van der Waals surface area contributed by atoms with Crippen molar-refractivity contribution in [1.82, 2.24) is 4.90 Å². The average Bonchev–Trinajstić information content (AvgIpc) is 2.81. The predicted molar refractivity (Wildman–Crippen MR) is 74.7 cm³/mol. The lowest BCUT2D eigenvalue weighted by Gasteiger charge is -2.26. The van der Waals surface area contributed by atoms with E-state index in [0.717, 1.165) is 31.0 Å². The number of hydrogen-bond acceptors (Lipinski definition) is 4. The van der Waals surface area contributed by atoms with Gasteiger partial charge in [-0.1, -0.05) is 6.07 Å². The molecule has 2 N–H and O–H groups in total. The summed E-state index contributed by atoms with van der Waals surface area (Å²) in [5.74, 6) is 2.40. The minimum Gasteiger partial charge on any atom is -0.486 e. The van der Waals surface area contributed by atoms with Gasteiger partial charge < -0.3 is 15.2 Å². The summed E-state index contributed by atoms with van der Waals surface area (Å²) in [7, 11) is 2.18. The smallest absolute Gasteiger partial charge is 0.164 e. The Hall–Kier alpha value is -1.26. The van der Waals surface area contributed by atoms with E-state index in [0.29, 0.717) is 25.2 Å². The lowest BCUT2D eigenvalue weighted by Crippen LogP contribution is -2.22. The molecule has 0 aromatic heterocycles. The zero-order valence-electron chi connectivity index (χ0n) is 11.7. The summed E-state index contributed by atoms with van der Waals surface area (Å²) in [6, 6.07) is 4.67. The van der Waals surface area contributed by atoms with Crippen molar-refractivity contribution in [2.24, 2.45) is 11.7 Å². The maximum Gasteiger partial charge on any atom is 0.164 e. The molecule has 2 aliphatic rings. The van der Waals surface area contributed by atoms with Crippen LogP contribution in [0.4, 0.5) is 0 Å². The van der Waals surface area contributed by atoms with Crippen LogP contribution in [0, 0.1) is 12.8 Å².